The average molecular weight is 620 g/mol. The Hall–Kier alpha value is -3.08. The van der Waals surface area contributed by atoms with Crippen molar-refractivity contribution in [3.8, 4) is 0 Å². The third-order valence-electron chi connectivity index (χ3n) is 5.47. The average Bonchev–Trinajstić information content (AvgIpc) is 2.80. The second-order valence-electron chi connectivity index (χ2n) is 9.32. The van der Waals surface area contributed by atoms with E-state index < -0.39 is 118 Å². The quantitative estimate of drug-likeness (QED) is 0.0938. The van der Waals surface area contributed by atoms with Crippen molar-refractivity contribution < 1.29 is 82.0 Å². The van der Waals surface area contributed by atoms with Crippen LogP contribution in [0.2, 0.25) is 0 Å². The van der Waals surface area contributed by atoms with Crippen molar-refractivity contribution in [3.63, 3.8) is 0 Å². The van der Waals surface area contributed by atoms with Crippen LogP contribution in [0.25, 0.3) is 0 Å². The molecule has 0 heterocycles. The molecule has 18 heteroatoms. The third kappa shape index (κ3) is 13.9. The second-order valence-corrected chi connectivity index (χ2v) is 9.32. The third-order valence-corrected chi connectivity index (χ3v) is 5.47. The predicted molar refractivity (Wildman–Crippen MR) is 114 cm³/mol. The van der Waals surface area contributed by atoms with Crippen molar-refractivity contribution >= 4 is 23.9 Å². The molecule has 0 amide bonds. The van der Waals surface area contributed by atoms with E-state index in [9.17, 15) is 63.1 Å². The number of rotatable bonds is 13. The maximum atomic E-state index is 13.6. The smallest absolute Gasteiger partial charge is 0.394 e. The monoisotopic (exact) mass is 620 g/mol. The maximum absolute atomic E-state index is 13.6. The van der Waals surface area contributed by atoms with Gasteiger partial charge in [0.25, 0.3) is 11.8 Å². The Balaban J connectivity index is 2.95. The zero-order valence-corrected chi connectivity index (χ0v) is 21.3. The molecular weight excluding hydrogens is 594 g/mol. The number of ether oxygens (including phenoxy) is 4. The van der Waals surface area contributed by atoms with Crippen LogP contribution in [0.15, 0.2) is 12.2 Å². The number of hydrogen-bond acceptors (Lipinski definition) is 8. The number of carbonyl (C=O) groups excluding carboxylic acids is 4. The lowest BCUT2D eigenvalue weighted by molar-refractivity contribution is -0.207. The summed E-state index contributed by atoms with van der Waals surface area (Å²) in [7, 11) is 0. The van der Waals surface area contributed by atoms with Crippen LogP contribution in [0, 0.1) is 17.8 Å². The Labute approximate surface area is 226 Å². The molecule has 0 bridgehead atoms. The molecule has 0 aliphatic heterocycles. The minimum atomic E-state index is -5.33. The van der Waals surface area contributed by atoms with Gasteiger partial charge in [-0.2, -0.15) is 26.3 Å². The summed E-state index contributed by atoms with van der Waals surface area (Å²) in [6.45, 7) is -0.424. The van der Waals surface area contributed by atoms with Crippen LogP contribution < -0.4 is 0 Å². The van der Waals surface area contributed by atoms with Gasteiger partial charge in [0.2, 0.25) is 0 Å². The van der Waals surface area contributed by atoms with Gasteiger partial charge >= 0.3 is 36.2 Å². The molecule has 1 aliphatic rings. The molecular formula is C23H26F10O8. The SMILES string of the molecule is C=C(C)C(=O)OCCOC(=O)C1CCC(C(=O)OCC(F)(F)CC(F)(F)F)CC1C(=O)OCC(F)(F)CC(F)(F)F. The first-order valence-corrected chi connectivity index (χ1v) is 11.7. The molecule has 1 rings (SSSR count). The van der Waals surface area contributed by atoms with E-state index in [0.717, 1.165) is 0 Å². The summed E-state index contributed by atoms with van der Waals surface area (Å²) in [5, 5.41) is 0. The van der Waals surface area contributed by atoms with Gasteiger partial charge < -0.3 is 18.9 Å². The van der Waals surface area contributed by atoms with Crippen molar-refractivity contribution in [3.05, 3.63) is 12.2 Å². The van der Waals surface area contributed by atoms with Gasteiger partial charge in [0.1, 0.15) is 26.1 Å². The Morgan fingerprint density at radius 3 is 1.56 bits per heavy atom. The van der Waals surface area contributed by atoms with Crippen molar-refractivity contribution in [2.45, 2.75) is 63.2 Å². The summed E-state index contributed by atoms with van der Waals surface area (Å²) in [4.78, 5) is 48.7. The van der Waals surface area contributed by atoms with Crippen LogP contribution in [0.3, 0.4) is 0 Å². The summed E-state index contributed by atoms with van der Waals surface area (Å²) in [6.07, 6.45) is -17.5. The molecule has 3 unspecified atom stereocenters. The molecule has 0 radical (unpaired) electrons. The predicted octanol–water partition coefficient (Wildman–Crippen LogP) is 4.94. The first-order chi connectivity index (χ1) is 18.5. The number of esters is 4. The van der Waals surface area contributed by atoms with Gasteiger partial charge in [-0.1, -0.05) is 6.58 Å². The van der Waals surface area contributed by atoms with E-state index in [2.05, 4.69) is 20.8 Å². The number of carbonyl (C=O) groups is 4. The molecule has 0 aromatic rings. The highest BCUT2D eigenvalue weighted by atomic mass is 19.4. The minimum Gasteiger partial charge on any atom is -0.462 e. The fraction of sp³-hybridized carbons (Fsp3) is 0.739. The highest BCUT2D eigenvalue weighted by molar-refractivity contribution is 5.87. The van der Waals surface area contributed by atoms with E-state index in [1.54, 1.807) is 0 Å². The van der Waals surface area contributed by atoms with Gasteiger partial charge in [-0.25, -0.2) is 22.4 Å². The van der Waals surface area contributed by atoms with E-state index in [-0.39, 0.29) is 12.0 Å². The Bertz CT molecular complexity index is 961. The van der Waals surface area contributed by atoms with Crippen molar-refractivity contribution in [2.24, 2.45) is 17.8 Å². The lowest BCUT2D eigenvalue weighted by Crippen LogP contribution is -2.42. The van der Waals surface area contributed by atoms with Crippen LogP contribution in [-0.2, 0) is 38.1 Å². The lowest BCUT2D eigenvalue weighted by atomic mass is 9.74. The van der Waals surface area contributed by atoms with Gasteiger partial charge in [-0.15, -0.1) is 0 Å². The summed E-state index contributed by atoms with van der Waals surface area (Å²) < 4.78 is 146. The lowest BCUT2D eigenvalue weighted by Gasteiger charge is -2.33. The van der Waals surface area contributed by atoms with E-state index in [0.29, 0.717) is 0 Å². The highest BCUT2D eigenvalue weighted by Crippen LogP contribution is 2.38. The summed E-state index contributed by atoms with van der Waals surface area (Å²) in [5.74, 6) is -19.0. The van der Waals surface area contributed by atoms with E-state index in [1.165, 1.54) is 6.92 Å². The van der Waals surface area contributed by atoms with E-state index in [1.807, 2.05) is 0 Å². The molecule has 1 aliphatic carbocycles. The number of hydrogen-bond donors (Lipinski definition) is 0. The van der Waals surface area contributed by atoms with Gasteiger partial charge in [0.15, 0.2) is 13.2 Å². The number of halogens is 10. The first kappa shape index (κ1) is 35.9. The molecule has 0 saturated heterocycles. The Kier molecular flexibility index (Phi) is 12.4. The zero-order valence-electron chi connectivity index (χ0n) is 21.3. The first-order valence-electron chi connectivity index (χ1n) is 11.7. The molecule has 0 aromatic heterocycles. The molecule has 8 nitrogen and oxygen atoms in total. The van der Waals surface area contributed by atoms with E-state index >= 15 is 0 Å². The van der Waals surface area contributed by atoms with Gasteiger partial charge in [-0.3, -0.25) is 14.4 Å². The summed E-state index contributed by atoms with van der Waals surface area (Å²) in [6, 6.07) is 0. The van der Waals surface area contributed by atoms with Gasteiger partial charge in [0, 0.05) is 5.57 Å². The molecule has 1 fully saturated rings. The molecule has 0 spiro atoms. The fourth-order valence-corrected chi connectivity index (χ4v) is 3.70. The van der Waals surface area contributed by atoms with Crippen LogP contribution in [0.1, 0.15) is 39.0 Å². The van der Waals surface area contributed by atoms with Gasteiger partial charge in [0.05, 0.1) is 17.8 Å². The molecule has 41 heavy (non-hydrogen) atoms. The summed E-state index contributed by atoms with van der Waals surface area (Å²) in [5.41, 5.74) is 0.0165. The van der Waals surface area contributed by atoms with Crippen LogP contribution in [-0.4, -0.2) is 74.5 Å². The molecule has 3 atom stereocenters. The van der Waals surface area contributed by atoms with Crippen molar-refractivity contribution in [1.82, 2.24) is 0 Å². The molecule has 0 N–H and O–H groups in total. The van der Waals surface area contributed by atoms with Crippen molar-refractivity contribution in [2.75, 3.05) is 26.4 Å². The maximum Gasteiger partial charge on any atom is 0.394 e. The molecule has 1 saturated carbocycles. The van der Waals surface area contributed by atoms with E-state index in [4.69, 9.17) is 4.74 Å². The fourth-order valence-electron chi connectivity index (χ4n) is 3.70. The largest absolute Gasteiger partial charge is 0.462 e. The summed E-state index contributed by atoms with van der Waals surface area (Å²) >= 11 is 0. The minimum absolute atomic E-state index is 0.0165. The topological polar surface area (TPSA) is 105 Å². The Morgan fingerprint density at radius 1 is 0.659 bits per heavy atom. The second kappa shape index (κ2) is 14.2. The highest BCUT2D eigenvalue weighted by Gasteiger charge is 2.48. The standard InChI is InChI=1S/C23H26F10O8/c1-12(2)16(34)38-5-6-39-18(36)14-4-3-13(17(35)40-10-20(24,25)8-22(28,29)30)7-15(14)19(37)41-11-21(26,27)9-23(31,32)33/h13-15H,1,3-11H2,2H3. The zero-order chi connectivity index (χ0) is 31.8. The van der Waals surface area contributed by atoms with Crippen LogP contribution >= 0.6 is 0 Å². The normalized spacial score (nSPS) is 20.1. The van der Waals surface area contributed by atoms with Gasteiger partial charge in [-0.05, 0) is 26.2 Å². The van der Waals surface area contributed by atoms with Crippen molar-refractivity contribution in [1.29, 1.82) is 0 Å². The Morgan fingerprint density at radius 2 is 1.10 bits per heavy atom. The number of alkyl halides is 10. The van der Waals surface area contributed by atoms with Crippen LogP contribution in [0.4, 0.5) is 43.9 Å². The van der Waals surface area contributed by atoms with Crippen LogP contribution in [0.5, 0.6) is 0 Å². The molecule has 236 valence electrons. The molecule has 0 aromatic carbocycles.